The van der Waals surface area contributed by atoms with Crippen molar-refractivity contribution in [2.75, 3.05) is 10.6 Å². The number of carbonyl (C=O) groups is 2. The number of aryl methyl sites for hydroxylation is 1. The number of anilines is 2. The van der Waals surface area contributed by atoms with E-state index in [0.29, 0.717) is 32.2 Å². The lowest BCUT2D eigenvalue weighted by molar-refractivity contribution is 0.0976. The molecule has 1 aromatic heterocycles. The molecule has 0 fully saturated rings. The molecule has 0 bridgehead atoms. The van der Waals surface area contributed by atoms with Gasteiger partial charge in [-0.25, -0.2) is 9.78 Å². The topological polar surface area (TPSA) is 71.1 Å². The third kappa shape index (κ3) is 3.24. The average molecular weight is 356 g/mol. The Morgan fingerprint density at radius 2 is 2.00 bits per heavy atom. The summed E-state index contributed by atoms with van der Waals surface area (Å²) in [6.07, 6.45) is 2.13. The molecule has 2 N–H and O–H groups in total. The largest absolute Gasteiger partial charge is 0.325 e. The van der Waals surface area contributed by atoms with E-state index in [1.54, 1.807) is 18.2 Å². The van der Waals surface area contributed by atoms with Crippen LogP contribution >= 0.6 is 34.5 Å². The number of nitrogens with zero attached hydrogens (tertiary/aromatic N) is 1. The van der Waals surface area contributed by atoms with Crippen LogP contribution in [0.1, 0.15) is 28.2 Å². The van der Waals surface area contributed by atoms with Crippen LogP contribution in [0, 0.1) is 0 Å². The zero-order valence-electron chi connectivity index (χ0n) is 11.3. The quantitative estimate of drug-likeness (QED) is 0.825. The van der Waals surface area contributed by atoms with Gasteiger partial charge in [0.1, 0.15) is 0 Å². The molecule has 0 radical (unpaired) electrons. The molecule has 0 saturated carbocycles. The molecule has 3 rings (SSSR count). The molecule has 114 valence electrons. The summed E-state index contributed by atoms with van der Waals surface area (Å²) < 4.78 is 0. The number of hydrogen-bond donors (Lipinski definition) is 2. The smallest absolute Gasteiger partial charge is 0.308 e. The van der Waals surface area contributed by atoms with E-state index in [-0.39, 0.29) is 5.78 Å². The Morgan fingerprint density at radius 1 is 1.18 bits per heavy atom. The number of halogens is 2. The Morgan fingerprint density at radius 3 is 2.73 bits per heavy atom. The van der Waals surface area contributed by atoms with E-state index in [1.165, 1.54) is 11.3 Å². The Kier molecular flexibility index (Phi) is 4.33. The van der Waals surface area contributed by atoms with Crippen molar-refractivity contribution in [1.82, 2.24) is 4.98 Å². The number of benzene rings is 1. The summed E-state index contributed by atoms with van der Waals surface area (Å²) in [6, 6.07) is 4.35. The number of Topliss-reactive ketones (excluding diaryl/α,β-unsaturated/α-hetero) is 1. The molecule has 22 heavy (non-hydrogen) atoms. The first kappa shape index (κ1) is 15.3. The first-order chi connectivity index (χ1) is 10.5. The van der Waals surface area contributed by atoms with Crippen LogP contribution in [-0.2, 0) is 6.42 Å². The lowest BCUT2D eigenvalue weighted by atomic mass is 10.0. The van der Waals surface area contributed by atoms with Gasteiger partial charge in [-0.2, -0.15) is 0 Å². The lowest BCUT2D eigenvalue weighted by Gasteiger charge is -2.06. The normalized spacial score (nSPS) is 13.6. The minimum Gasteiger partial charge on any atom is -0.308 e. The zero-order valence-corrected chi connectivity index (χ0v) is 13.6. The summed E-state index contributed by atoms with van der Waals surface area (Å²) in [5, 5.41) is 6.46. The van der Waals surface area contributed by atoms with Crippen LogP contribution in [0.15, 0.2) is 18.2 Å². The van der Waals surface area contributed by atoms with Crippen molar-refractivity contribution < 1.29 is 9.59 Å². The van der Waals surface area contributed by atoms with Crippen molar-refractivity contribution in [3.8, 4) is 0 Å². The fraction of sp³-hybridized carbons (Fsp3) is 0.214. The van der Waals surface area contributed by atoms with Crippen molar-refractivity contribution >= 4 is 57.2 Å². The number of amides is 2. The molecule has 1 aliphatic rings. The summed E-state index contributed by atoms with van der Waals surface area (Å²) >= 11 is 12.9. The minimum absolute atomic E-state index is 0.0942. The summed E-state index contributed by atoms with van der Waals surface area (Å²) in [7, 11) is 0. The highest BCUT2D eigenvalue weighted by Gasteiger charge is 2.22. The Hall–Kier alpha value is -1.63. The van der Waals surface area contributed by atoms with E-state index in [2.05, 4.69) is 15.6 Å². The van der Waals surface area contributed by atoms with Crippen LogP contribution in [-0.4, -0.2) is 16.8 Å². The maximum absolute atomic E-state index is 12.0. The number of hydrogen-bond acceptors (Lipinski definition) is 4. The summed E-state index contributed by atoms with van der Waals surface area (Å²) in [5.41, 5.74) is 1.29. The fourth-order valence-electron chi connectivity index (χ4n) is 2.16. The zero-order chi connectivity index (χ0) is 15.7. The summed E-state index contributed by atoms with van der Waals surface area (Å²) in [6.45, 7) is 0. The number of rotatable bonds is 2. The SMILES string of the molecule is O=C(Nc1ccc(Cl)c(Cl)c1)Nc1nc2c(s1)C(=O)CCC2. The molecule has 8 heteroatoms. The molecular weight excluding hydrogens is 345 g/mol. The number of urea groups is 1. The van der Waals surface area contributed by atoms with Gasteiger partial charge in [-0.1, -0.05) is 34.5 Å². The van der Waals surface area contributed by atoms with Gasteiger partial charge in [-0.05, 0) is 31.0 Å². The van der Waals surface area contributed by atoms with Crippen molar-refractivity contribution in [3.05, 3.63) is 38.8 Å². The summed E-state index contributed by atoms with van der Waals surface area (Å²) in [4.78, 5) is 28.7. The second-order valence-corrected chi connectivity index (χ2v) is 6.59. The highest BCUT2D eigenvalue weighted by Crippen LogP contribution is 2.30. The number of nitrogens with one attached hydrogen (secondary N) is 2. The Labute approximate surface area is 140 Å². The highest BCUT2D eigenvalue weighted by molar-refractivity contribution is 7.17. The van der Waals surface area contributed by atoms with E-state index >= 15 is 0 Å². The maximum atomic E-state index is 12.0. The van der Waals surface area contributed by atoms with Gasteiger partial charge in [0, 0.05) is 12.1 Å². The molecule has 0 saturated heterocycles. The van der Waals surface area contributed by atoms with Crippen LogP contribution in [0.4, 0.5) is 15.6 Å². The van der Waals surface area contributed by atoms with Gasteiger partial charge in [0.15, 0.2) is 10.9 Å². The number of ketones is 1. The van der Waals surface area contributed by atoms with Crippen molar-refractivity contribution in [2.45, 2.75) is 19.3 Å². The molecule has 1 aliphatic carbocycles. The van der Waals surface area contributed by atoms with E-state index in [1.807, 2.05) is 0 Å². The molecular formula is C14H11Cl2N3O2S. The Balaban J connectivity index is 1.69. The third-order valence-corrected chi connectivity index (χ3v) is 4.96. The molecule has 5 nitrogen and oxygen atoms in total. The highest BCUT2D eigenvalue weighted by atomic mass is 35.5. The lowest BCUT2D eigenvalue weighted by Crippen LogP contribution is -2.19. The van der Waals surface area contributed by atoms with Crippen molar-refractivity contribution in [3.63, 3.8) is 0 Å². The van der Waals surface area contributed by atoms with E-state index in [0.717, 1.165) is 18.5 Å². The first-order valence-corrected chi connectivity index (χ1v) is 8.16. The van der Waals surface area contributed by atoms with Gasteiger partial charge in [0.2, 0.25) is 0 Å². The number of fused-ring (bicyclic) bond motifs is 1. The van der Waals surface area contributed by atoms with Crippen LogP contribution in [0.25, 0.3) is 0 Å². The molecule has 2 amide bonds. The molecule has 0 unspecified atom stereocenters. The minimum atomic E-state index is -0.447. The average Bonchev–Trinajstić information content (AvgIpc) is 2.87. The van der Waals surface area contributed by atoms with Gasteiger partial charge in [-0.3, -0.25) is 10.1 Å². The fourth-order valence-corrected chi connectivity index (χ4v) is 3.43. The second kappa shape index (κ2) is 6.24. The third-order valence-electron chi connectivity index (χ3n) is 3.17. The monoisotopic (exact) mass is 355 g/mol. The van der Waals surface area contributed by atoms with Gasteiger partial charge in [0.25, 0.3) is 0 Å². The number of thiazole rings is 1. The van der Waals surface area contributed by atoms with E-state index < -0.39 is 6.03 Å². The van der Waals surface area contributed by atoms with Crippen LogP contribution in [0.2, 0.25) is 10.0 Å². The second-order valence-electron chi connectivity index (χ2n) is 4.78. The molecule has 0 aliphatic heterocycles. The predicted octanol–water partition coefficient (Wildman–Crippen LogP) is 4.61. The van der Waals surface area contributed by atoms with Crippen LogP contribution < -0.4 is 10.6 Å². The van der Waals surface area contributed by atoms with Gasteiger partial charge in [-0.15, -0.1) is 0 Å². The van der Waals surface area contributed by atoms with Crippen molar-refractivity contribution in [1.29, 1.82) is 0 Å². The molecule has 1 heterocycles. The van der Waals surface area contributed by atoms with E-state index in [4.69, 9.17) is 23.2 Å². The first-order valence-electron chi connectivity index (χ1n) is 6.59. The summed E-state index contributed by atoms with van der Waals surface area (Å²) in [5.74, 6) is 0.0942. The molecule has 2 aromatic rings. The van der Waals surface area contributed by atoms with Crippen molar-refractivity contribution in [2.24, 2.45) is 0 Å². The number of carbonyl (C=O) groups excluding carboxylic acids is 2. The standard InChI is InChI=1S/C14H11Cl2N3O2S/c15-8-5-4-7(6-9(8)16)17-13(21)19-14-18-10-2-1-3-11(20)12(10)22-14/h4-6H,1-3H2,(H2,17,18,19,21). The number of aromatic nitrogens is 1. The predicted molar refractivity (Wildman–Crippen MR) is 88.5 cm³/mol. The van der Waals surface area contributed by atoms with Gasteiger partial charge >= 0.3 is 6.03 Å². The maximum Gasteiger partial charge on any atom is 0.325 e. The van der Waals surface area contributed by atoms with E-state index in [9.17, 15) is 9.59 Å². The van der Waals surface area contributed by atoms with Crippen LogP contribution in [0.3, 0.4) is 0 Å². The van der Waals surface area contributed by atoms with Gasteiger partial charge in [0.05, 0.1) is 20.6 Å². The molecule has 0 spiro atoms. The molecule has 1 aromatic carbocycles. The molecule has 0 atom stereocenters. The van der Waals surface area contributed by atoms with Crippen LogP contribution in [0.5, 0.6) is 0 Å². The Bertz CT molecular complexity index is 761. The van der Waals surface area contributed by atoms with Gasteiger partial charge < -0.3 is 5.32 Å².